The molecule has 4 heteroatoms. The second-order valence-corrected chi connectivity index (χ2v) is 12.8. The summed E-state index contributed by atoms with van der Waals surface area (Å²) in [7, 11) is 0. The highest BCUT2D eigenvalue weighted by atomic mass is 127. The molecule has 7 atom stereocenters. The molecule has 4 aliphatic carbocycles. The molecule has 5 aliphatic rings. The van der Waals surface area contributed by atoms with Crippen LogP contribution in [0.15, 0.2) is 0 Å². The Morgan fingerprint density at radius 2 is 1.72 bits per heavy atom. The zero-order valence-electron chi connectivity index (χ0n) is 18.9. The molecule has 4 saturated carbocycles. The Bertz CT molecular complexity index is 694. The maximum absolute atomic E-state index is 12.7. The van der Waals surface area contributed by atoms with Gasteiger partial charge >= 0.3 is 0 Å². The summed E-state index contributed by atoms with van der Waals surface area (Å²) in [6.07, 6.45) is 13.9. The molecule has 5 rings (SSSR count). The number of carbonyl (C=O) groups excluding carboxylic acids is 1. The maximum atomic E-state index is 12.7. The first-order chi connectivity index (χ1) is 13.7. The fraction of sp³-hybridized carbons (Fsp3) is 0.960. The van der Waals surface area contributed by atoms with Crippen LogP contribution in [0.5, 0.6) is 0 Å². The third-order valence-electron chi connectivity index (χ3n) is 10.8. The molecule has 0 unspecified atom stereocenters. The number of alkyl halides is 1. The number of rotatable bonds is 1. The highest BCUT2D eigenvalue weighted by Crippen LogP contribution is 2.70. The van der Waals surface area contributed by atoms with E-state index in [1.807, 2.05) is 0 Å². The van der Waals surface area contributed by atoms with Gasteiger partial charge in [-0.25, -0.2) is 0 Å². The minimum atomic E-state index is -0.468. The molecule has 164 valence electrons. The highest BCUT2D eigenvalue weighted by molar-refractivity contribution is 14.1. The van der Waals surface area contributed by atoms with Crippen molar-refractivity contribution >= 4 is 28.5 Å². The van der Waals surface area contributed by atoms with Crippen molar-refractivity contribution in [3.8, 4) is 0 Å². The van der Waals surface area contributed by atoms with Crippen LogP contribution in [0.3, 0.4) is 0 Å². The summed E-state index contributed by atoms with van der Waals surface area (Å²) < 4.78 is 7.47. The van der Waals surface area contributed by atoms with Gasteiger partial charge in [-0.1, -0.05) is 49.3 Å². The van der Waals surface area contributed by atoms with Gasteiger partial charge in [0, 0.05) is 5.41 Å². The Morgan fingerprint density at radius 1 is 0.966 bits per heavy atom. The topological polar surface area (TPSA) is 29.5 Å². The van der Waals surface area contributed by atoms with E-state index in [1.165, 1.54) is 57.8 Å². The third kappa shape index (κ3) is 2.79. The molecule has 0 aromatic carbocycles. The summed E-state index contributed by atoms with van der Waals surface area (Å²) in [5.74, 6) is 3.82. The summed E-state index contributed by atoms with van der Waals surface area (Å²) in [5, 5.41) is 0. The fourth-order valence-corrected chi connectivity index (χ4v) is 9.70. The first-order valence-electron chi connectivity index (χ1n) is 12.2. The van der Waals surface area contributed by atoms with Crippen molar-refractivity contribution in [1.29, 1.82) is 0 Å². The summed E-state index contributed by atoms with van der Waals surface area (Å²) in [5.41, 5.74) is 0.225. The molecule has 1 heterocycles. The van der Waals surface area contributed by atoms with Crippen LogP contribution in [0.25, 0.3) is 0 Å². The standard InChI is InChI=1S/C25H40INO2/c1-22(2)27(21(28)15-26)16-25(29-22)14-11-20-18-9-8-17-7-5-6-12-23(17,3)19(18)10-13-24(20,25)4/h17-20H,5-16H2,1-4H3/t17-,18-,19-,20-,23+,24+,25-/m1/s1. The predicted octanol–water partition coefficient (Wildman–Crippen LogP) is 6.19. The van der Waals surface area contributed by atoms with E-state index in [4.69, 9.17) is 4.74 Å². The van der Waals surface area contributed by atoms with E-state index in [1.54, 1.807) is 0 Å². The lowest BCUT2D eigenvalue weighted by Crippen LogP contribution is -2.57. The Labute approximate surface area is 191 Å². The van der Waals surface area contributed by atoms with Crippen LogP contribution in [-0.2, 0) is 9.53 Å². The Kier molecular flexibility index (Phi) is 4.95. The van der Waals surface area contributed by atoms with E-state index in [9.17, 15) is 4.79 Å². The van der Waals surface area contributed by atoms with Gasteiger partial charge in [0.15, 0.2) is 0 Å². The zero-order valence-corrected chi connectivity index (χ0v) is 21.1. The number of amides is 1. The molecule has 5 fully saturated rings. The number of carbonyl (C=O) groups is 1. The molecule has 3 nitrogen and oxygen atoms in total. The van der Waals surface area contributed by atoms with Gasteiger partial charge in [0.1, 0.15) is 5.72 Å². The number of hydrogen-bond acceptors (Lipinski definition) is 2. The molecule has 29 heavy (non-hydrogen) atoms. The van der Waals surface area contributed by atoms with E-state index in [0.29, 0.717) is 9.84 Å². The quantitative estimate of drug-likeness (QED) is 0.309. The van der Waals surface area contributed by atoms with Crippen molar-refractivity contribution in [2.75, 3.05) is 11.0 Å². The summed E-state index contributed by atoms with van der Waals surface area (Å²) in [6.45, 7) is 10.2. The third-order valence-corrected chi connectivity index (χ3v) is 11.4. The van der Waals surface area contributed by atoms with Gasteiger partial charge in [-0.2, -0.15) is 0 Å². The number of fused-ring (bicyclic) bond motifs is 6. The van der Waals surface area contributed by atoms with E-state index in [0.717, 1.165) is 36.6 Å². The summed E-state index contributed by atoms with van der Waals surface area (Å²) in [6, 6.07) is 0. The number of ether oxygens (including phenoxy) is 1. The molecule has 0 radical (unpaired) electrons. The Morgan fingerprint density at radius 3 is 2.48 bits per heavy atom. The second kappa shape index (κ2) is 6.83. The van der Waals surface area contributed by atoms with Crippen molar-refractivity contribution in [2.45, 2.75) is 103 Å². The monoisotopic (exact) mass is 513 g/mol. The zero-order chi connectivity index (χ0) is 20.7. The first kappa shape index (κ1) is 21.0. The molecule has 0 aromatic rings. The minimum absolute atomic E-state index is 0.127. The first-order valence-corrected chi connectivity index (χ1v) is 13.8. The molecular weight excluding hydrogens is 473 g/mol. The van der Waals surface area contributed by atoms with Crippen LogP contribution in [0.4, 0.5) is 0 Å². The Hall–Kier alpha value is 0.160. The number of nitrogens with zero attached hydrogens (tertiary/aromatic N) is 1. The minimum Gasteiger partial charge on any atom is -0.347 e. The van der Waals surface area contributed by atoms with E-state index >= 15 is 0 Å². The SMILES string of the molecule is CC1(C)O[C@]2(CC[C@@H]3[C@@H]4CC[C@H]5CCCC[C@]5(C)[C@@H]4CC[C@@]32C)CN1C(=O)CI. The van der Waals surface area contributed by atoms with Gasteiger partial charge in [0.05, 0.1) is 16.6 Å². The van der Waals surface area contributed by atoms with Crippen molar-refractivity contribution in [3.63, 3.8) is 0 Å². The summed E-state index contributed by atoms with van der Waals surface area (Å²) in [4.78, 5) is 14.8. The average molecular weight is 514 g/mol. The second-order valence-electron chi connectivity index (χ2n) is 12.1. The van der Waals surface area contributed by atoms with Crippen LogP contribution in [0.2, 0.25) is 0 Å². The van der Waals surface area contributed by atoms with Crippen molar-refractivity contribution in [1.82, 2.24) is 4.90 Å². The summed E-state index contributed by atoms with van der Waals surface area (Å²) >= 11 is 2.21. The van der Waals surface area contributed by atoms with Gasteiger partial charge in [0.2, 0.25) is 5.91 Å². The molecule has 0 N–H and O–H groups in total. The van der Waals surface area contributed by atoms with Crippen LogP contribution in [0.1, 0.15) is 91.9 Å². The lowest BCUT2D eigenvalue weighted by atomic mass is 9.44. The lowest BCUT2D eigenvalue weighted by Gasteiger charge is -2.61. The van der Waals surface area contributed by atoms with Crippen LogP contribution in [-0.4, -0.2) is 33.1 Å². The predicted molar refractivity (Wildman–Crippen MR) is 125 cm³/mol. The largest absolute Gasteiger partial charge is 0.347 e. The molecular formula is C25H40INO2. The molecule has 0 aromatic heterocycles. The molecule has 1 aliphatic heterocycles. The van der Waals surface area contributed by atoms with Crippen molar-refractivity contribution < 1.29 is 9.53 Å². The van der Waals surface area contributed by atoms with Gasteiger partial charge in [-0.05, 0) is 94.3 Å². The molecule has 1 amide bonds. The normalized spacial score (nSPS) is 50.9. The van der Waals surface area contributed by atoms with Crippen molar-refractivity contribution in [3.05, 3.63) is 0 Å². The highest BCUT2D eigenvalue weighted by Gasteiger charge is 2.69. The van der Waals surface area contributed by atoms with E-state index < -0.39 is 5.72 Å². The van der Waals surface area contributed by atoms with E-state index in [2.05, 4.69) is 55.2 Å². The van der Waals surface area contributed by atoms with Crippen LogP contribution < -0.4 is 0 Å². The van der Waals surface area contributed by atoms with Crippen molar-refractivity contribution in [2.24, 2.45) is 34.5 Å². The van der Waals surface area contributed by atoms with Crippen LogP contribution >= 0.6 is 22.6 Å². The van der Waals surface area contributed by atoms with Crippen LogP contribution in [0, 0.1) is 34.5 Å². The van der Waals surface area contributed by atoms with Gasteiger partial charge in [0.25, 0.3) is 0 Å². The van der Waals surface area contributed by atoms with Gasteiger partial charge in [-0.3, -0.25) is 4.79 Å². The number of hydrogen-bond donors (Lipinski definition) is 0. The lowest BCUT2D eigenvalue weighted by molar-refractivity contribution is -0.188. The van der Waals surface area contributed by atoms with E-state index in [-0.39, 0.29) is 16.9 Å². The molecule has 0 bridgehead atoms. The molecule has 1 saturated heterocycles. The van der Waals surface area contributed by atoms with Gasteiger partial charge in [-0.15, -0.1) is 0 Å². The maximum Gasteiger partial charge on any atom is 0.234 e. The smallest absolute Gasteiger partial charge is 0.234 e. The average Bonchev–Trinajstić information content (AvgIpc) is 3.13. The van der Waals surface area contributed by atoms with Gasteiger partial charge < -0.3 is 9.64 Å². The Balaban J connectivity index is 1.45. The fourth-order valence-electron chi connectivity index (χ4n) is 9.29. The molecule has 1 spiro atoms. The number of halogens is 1.